The Morgan fingerprint density at radius 3 is 1.18 bits per heavy atom. The second-order valence-corrected chi connectivity index (χ2v) is 31.7. The van der Waals surface area contributed by atoms with Crippen LogP contribution in [0.25, 0.3) is 32.3 Å². The molecule has 16 N–H and O–H groups in total. The number of azo groups is 2. The zero-order valence-electron chi connectivity index (χ0n) is 52.9. The standard InChI is InChI=1S/C30H20ClN7O15S4.C26H18ClN7O15S4/c31-28-34-29(32-19-8-6-15(55(43,44)45)11-18(19)27(40)41)36-30(35-28)33-21-12-16(56(46,47)48)9-14-10-22(54-53-52-42)24(25(39)23(14)21)38-37-20-7-5-13-3-1-2-4-17(13)26(20)57(49,50)51;27-24-30-25(28-15-6-5-12(51(39,40)41)9-14(15)23(36)37)32-26(31-24)29-17-10-13(52(42,43)44)7-11-8-18(50-49-48-38)21(22(35)20(11)17)34-33-16-3-1-2-4-19(16)53(45,46)47/h1-12,39,42H,(H,40,41)(H,43,44,45)(H,46,47,48)(H,49,50,51)(H2,32,33,34,35,36);1-10,35,38H,(H,36,37)(H,39,40,41)(H,42,43,44)(H,45,46,47)(H2,28,29,30,31,32). The van der Waals surface area contributed by atoms with Crippen LogP contribution < -0.4 is 21.3 Å². The van der Waals surface area contributed by atoms with E-state index in [0.29, 0.717) is 17.5 Å². The number of benzene rings is 9. The predicted octanol–water partition coefficient (Wildman–Crippen LogP) is 11.5. The smallest absolute Gasteiger partial charge is 0.337 e. The SMILES string of the molecule is O=C(O)c1cc(S(=O)(=O)O)ccc1Nc1nc(Cl)nc(Nc2cc(S(=O)(=O)O)cc3cc(SOOO)c(N=Nc4ccc5ccccc5c4S(=O)(=O)O)c(O)c23)n1.O=C(O)c1cc(S(=O)(=O)O)ccc1Nc1nc(Cl)nc(Nc2cc(S(=O)(=O)O)cc3cc(SOOO)c(N=Nc4ccccc4S(=O)(=O)O)c(O)c23)n1. The Balaban J connectivity index is 0.000000235. The molecule has 44 nitrogen and oxygen atoms in total. The van der Waals surface area contributed by atoms with Crippen LogP contribution in [0.1, 0.15) is 20.7 Å². The third kappa shape index (κ3) is 19.3. The Kier molecular flexibility index (Phi) is 24.1. The largest absolute Gasteiger partial charge is 0.505 e. The van der Waals surface area contributed by atoms with Crippen LogP contribution in [0.5, 0.6) is 11.5 Å². The fraction of sp³-hybridized carbons (Fsp3) is 0. The molecule has 0 atom stereocenters. The van der Waals surface area contributed by atoms with E-state index in [2.05, 4.69) is 90.4 Å². The molecule has 0 amide bonds. The minimum atomic E-state index is -4.98. The number of carboxylic acids is 2. The number of aromatic nitrogens is 6. The molecule has 54 heteroatoms. The third-order valence-electron chi connectivity index (χ3n) is 14.2. The number of aromatic carboxylic acids is 2. The molecule has 11 aromatic rings. The first-order valence-corrected chi connectivity index (χ1v) is 39.3. The van der Waals surface area contributed by atoms with Crippen molar-refractivity contribution < 1.29 is 137 Å². The van der Waals surface area contributed by atoms with Crippen LogP contribution in [-0.2, 0) is 79.5 Å². The molecule has 0 radical (unpaired) electrons. The van der Waals surface area contributed by atoms with Gasteiger partial charge in [0.25, 0.3) is 60.7 Å². The van der Waals surface area contributed by atoms with Crippen LogP contribution in [0.3, 0.4) is 0 Å². The van der Waals surface area contributed by atoms with E-state index in [1.165, 1.54) is 36.4 Å². The summed E-state index contributed by atoms with van der Waals surface area (Å²) in [5, 5.41) is 91.7. The number of aromatic hydroxyl groups is 2. The van der Waals surface area contributed by atoms with E-state index in [0.717, 1.165) is 72.8 Å². The van der Waals surface area contributed by atoms with Crippen molar-refractivity contribution in [1.82, 2.24) is 29.9 Å². The summed E-state index contributed by atoms with van der Waals surface area (Å²) in [6, 6.07) is 24.4. The minimum Gasteiger partial charge on any atom is -0.505 e. The number of nitrogens with zero attached hydrogens (tertiary/aromatic N) is 10. The molecule has 9 aromatic carbocycles. The number of fused-ring (bicyclic) bond motifs is 3. The molecule has 110 heavy (non-hydrogen) atoms. The lowest BCUT2D eigenvalue weighted by Crippen LogP contribution is -2.09. The summed E-state index contributed by atoms with van der Waals surface area (Å²) in [7, 11) is -29.2. The van der Waals surface area contributed by atoms with E-state index in [9.17, 15) is 108 Å². The van der Waals surface area contributed by atoms with Crippen molar-refractivity contribution >= 4 is 222 Å². The van der Waals surface area contributed by atoms with Gasteiger partial charge in [0.2, 0.25) is 34.4 Å². The molecule has 0 saturated carbocycles. The van der Waals surface area contributed by atoms with Crippen molar-refractivity contribution in [2.75, 3.05) is 21.3 Å². The number of carboxylic acid groups (broad SMARTS) is 2. The Morgan fingerprint density at radius 2 is 0.791 bits per heavy atom. The number of rotatable bonds is 26. The average molecular weight is 1710 g/mol. The van der Waals surface area contributed by atoms with E-state index in [-0.39, 0.29) is 94.9 Å². The molecule has 0 aliphatic heterocycles. The van der Waals surface area contributed by atoms with E-state index in [1.807, 2.05) is 0 Å². The maximum absolute atomic E-state index is 12.5. The van der Waals surface area contributed by atoms with Gasteiger partial charge in [0.15, 0.2) is 11.5 Å². The number of hydrogen-bond donors (Lipinski definition) is 16. The zero-order chi connectivity index (χ0) is 80.3. The van der Waals surface area contributed by atoms with Crippen molar-refractivity contribution in [3.8, 4) is 11.5 Å². The van der Waals surface area contributed by atoms with E-state index < -0.39 is 170 Å². The van der Waals surface area contributed by atoms with Crippen LogP contribution in [0.4, 0.5) is 69.3 Å². The molecular weight excluding hydrogens is 1680 g/mol. The normalized spacial score (nSPS) is 12.3. The van der Waals surface area contributed by atoms with Crippen LogP contribution in [0.2, 0.25) is 10.6 Å². The molecular formula is C56H38Cl2N14O30S8. The van der Waals surface area contributed by atoms with Crippen LogP contribution in [0, 0.1) is 0 Å². The van der Waals surface area contributed by atoms with E-state index >= 15 is 0 Å². The zero-order valence-corrected chi connectivity index (χ0v) is 61.0. The molecule has 574 valence electrons. The molecule has 0 saturated heterocycles. The highest BCUT2D eigenvalue weighted by molar-refractivity contribution is 7.95. The van der Waals surface area contributed by atoms with E-state index in [1.54, 1.807) is 12.1 Å². The summed E-state index contributed by atoms with van der Waals surface area (Å²) in [5.41, 5.74) is -4.37. The lowest BCUT2D eigenvalue weighted by molar-refractivity contribution is -0.432. The Hall–Kier alpha value is -10.8. The Bertz CT molecular complexity index is 6450. The van der Waals surface area contributed by atoms with Gasteiger partial charge >= 0.3 is 11.9 Å². The highest BCUT2D eigenvalue weighted by Gasteiger charge is 2.28. The van der Waals surface area contributed by atoms with Crippen molar-refractivity contribution in [3.05, 3.63) is 155 Å². The first-order chi connectivity index (χ1) is 51.5. The molecule has 0 aliphatic carbocycles. The number of anilines is 8. The summed E-state index contributed by atoms with van der Waals surface area (Å²) in [6.45, 7) is 0. The highest BCUT2D eigenvalue weighted by Crippen LogP contribution is 2.50. The maximum Gasteiger partial charge on any atom is 0.337 e. The summed E-state index contributed by atoms with van der Waals surface area (Å²) >= 11 is 12.6. The average Bonchev–Trinajstić information content (AvgIpc) is 0.761. The van der Waals surface area contributed by atoms with Crippen molar-refractivity contribution in [1.29, 1.82) is 0 Å². The number of phenolic OH excluding ortho intramolecular Hbond substituents is 2. The number of nitrogens with one attached hydrogen (secondary N) is 4. The van der Waals surface area contributed by atoms with Crippen molar-refractivity contribution in [2.45, 2.75) is 39.2 Å². The third-order valence-corrected chi connectivity index (χ3v) is 21.0. The number of halogens is 2. The number of carbonyl (C=O) groups is 2. The van der Waals surface area contributed by atoms with Gasteiger partial charge < -0.3 is 41.7 Å². The summed E-state index contributed by atoms with van der Waals surface area (Å²) in [6.07, 6.45) is 0. The van der Waals surface area contributed by atoms with Crippen LogP contribution in [0.15, 0.2) is 193 Å². The molecule has 11 rings (SSSR count). The quantitative estimate of drug-likeness (QED) is 0.00787. The van der Waals surface area contributed by atoms with Gasteiger partial charge in [0, 0.05) is 16.2 Å². The van der Waals surface area contributed by atoms with Crippen molar-refractivity contribution in [2.24, 2.45) is 20.5 Å². The van der Waals surface area contributed by atoms with Gasteiger partial charge in [-0.2, -0.15) is 80.4 Å². The lowest BCUT2D eigenvalue weighted by atomic mass is 10.1. The first-order valence-electron chi connectivity index (χ1n) is 28.4. The first kappa shape index (κ1) is 81.7. The van der Waals surface area contributed by atoms with Gasteiger partial charge in [-0.1, -0.05) is 52.5 Å². The molecule has 0 aliphatic rings. The monoisotopic (exact) mass is 1710 g/mol. The van der Waals surface area contributed by atoms with Crippen LogP contribution >= 0.6 is 47.3 Å². The van der Waals surface area contributed by atoms with E-state index in [4.69, 9.17) is 33.7 Å². The molecule has 0 bridgehead atoms. The topological polar surface area (TPSA) is 694 Å². The second-order valence-electron chi connectivity index (χ2n) is 21.1. The van der Waals surface area contributed by atoms with Gasteiger partial charge in [-0.25, -0.2) is 20.1 Å². The highest BCUT2D eigenvalue weighted by atomic mass is 35.5. The number of phenols is 2. The van der Waals surface area contributed by atoms with Gasteiger partial charge in [0.05, 0.1) is 87.3 Å². The molecule has 0 unspecified atom stereocenters. The van der Waals surface area contributed by atoms with Gasteiger partial charge in [0.1, 0.15) is 32.5 Å². The van der Waals surface area contributed by atoms with Crippen LogP contribution in [-0.4, -0.2) is 151 Å². The Labute approximate surface area is 631 Å². The number of hydrogen-bond acceptors (Lipinski definition) is 38. The predicted molar refractivity (Wildman–Crippen MR) is 380 cm³/mol. The maximum atomic E-state index is 12.5. The van der Waals surface area contributed by atoms with Gasteiger partial charge in [-0.05, 0) is 130 Å². The van der Waals surface area contributed by atoms with Gasteiger partial charge in [-0.3, -0.25) is 27.3 Å². The fourth-order valence-electron chi connectivity index (χ4n) is 9.73. The molecule has 2 aromatic heterocycles. The fourth-order valence-corrected chi connectivity index (χ4v) is 14.6. The summed E-state index contributed by atoms with van der Waals surface area (Å²) in [5.74, 6) is -6.78. The summed E-state index contributed by atoms with van der Waals surface area (Å²) in [4.78, 5) is 42.5. The molecule has 2 heterocycles. The van der Waals surface area contributed by atoms with Gasteiger partial charge in [-0.15, -0.1) is 29.1 Å². The second kappa shape index (κ2) is 32.4. The Morgan fingerprint density at radius 1 is 0.400 bits per heavy atom. The van der Waals surface area contributed by atoms with Crippen molar-refractivity contribution in [3.63, 3.8) is 0 Å². The summed E-state index contributed by atoms with van der Waals surface area (Å²) < 4.78 is 211. The minimum absolute atomic E-state index is 0.0780. The lowest BCUT2D eigenvalue weighted by Gasteiger charge is -2.15. The molecule has 0 fully saturated rings. The molecule has 0 spiro atoms.